The molecule has 2 heterocycles. The number of hydrogen-bond acceptors (Lipinski definition) is 6. The molecule has 0 radical (unpaired) electrons. The van der Waals surface area contributed by atoms with Crippen molar-refractivity contribution in [3.63, 3.8) is 0 Å². The number of fused-ring (bicyclic) bond motifs is 1. The first kappa shape index (κ1) is 19.9. The molecule has 0 fully saturated rings. The van der Waals surface area contributed by atoms with Gasteiger partial charge >= 0.3 is 6.18 Å². The van der Waals surface area contributed by atoms with Crippen molar-refractivity contribution in [1.29, 1.82) is 0 Å². The van der Waals surface area contributed by atoms with Gasteiger partial charge < -0.3 is 15.2 Å². The van der Waals surface area contributed by atoms with Gasteiger partial charge in [0.05, 0.1) is 0 Å². The van der Waals surface area contributed by atoms with Crippen molar-refractivity contribution in [3.05, 3.63) is 46.9 Å². The number of nitrogens with zero attached hydrogens (tertiary/aromatic N) is 4. The molecule has 2 aromatic heterocycles. The number of nitrogens with one attached hydrogen (secondary N) is 1. The quantitative estimate of drug-likeness (QED) is 0.668. The fourth-order valence-electron chi connectivity index (χ4n) is 2.72. The van der Waals surface area contributed by atoms with Crippen LogP contribution in [-0.2, 0) is 6.18 Å². The minimum atomic E-state index is -4.67. The van der Waals surface area contributed by atoms with Gasteiger partial charge in [-0.05, 0) is 31.9 Å². The Balaban J connectivity index is 1.70. The summed E-state index contributed by atoms with van der Waals surface area (Å²) in [6, 6.07) is 7.26. The van der Waals surface area contributed by atoms with Crippen LogP contribution in [0.3, 0.4) is 0 Å². The normalized spacial score (nSPS) is 13.0. The van der Waals surface area contributed by atoms with Crippen LogP contribution in [-0.4, -0.2) is 43.9 Å². The van der Waals surface area contributed by atoms with Gasteiger partial charge in [-0.2, -0.15) is 22.7 Å². The molecule has 0 aliphatic rings. The lowest BCUT2D eigenvalue weighted by atomic mass is 10.1. The van der Waals surface area contributed by atoms with Crippen molar-refractivity contribution >= 4 is 11.6 Å². The van der Waals surface area contributed by atoms with E-state index in [1.807, 2.05) is 32.0 Å². The van der Waals surface area contributed by atoms with Crippen LogP contribution in [0.2, 0.25) is 0 Å². The maximum atomic E-state index is 12.9. The molecule has 0 spiro atoms. The standard InChI is InChI=1S/C18H20F3N5O2/c1-10-5-4-6-11(2)15(10)28-9-13(27)8-22-14-7-12(3)23-17-24-16(18(19,20)21)25-26(14)17/h4-7,13,22,27H,8-9H2,1-3H3. The first-order chi connectivity index (χ1) is 13.1. The van der Waals surface area contributed by atoms with Crippen LogP contribution in [0.4, 0.5) is 19.0 Å². The number of aliphatic hydroxyl groups is 1. The van der Waals surface area contributed by atoms with Gasteiger partial charge in [0.15, 0.2) is 0 Å². The molecule has 0 amide bonds. The first-order valence-electron chi connectivity index (χ1n) is 8.57. The maximum Gasteiger partial charge on any atom is 0.453 e. The molecular weight excluding hydrogens is 375 g/mol. The molecule has 0 saturated heterocycles. The van der Waals surface area contributed by atoms with E-state index in [2.05, 4.69) is 20.4 Å². The van der Waals surface area contributed by atoms with Crippen molar-refractivity contribution < 1.29 is 23.0 Å². The molecule has 0 aliphatic carbocycles. The lowest BCUT2D eigenvalue weighted by molar-refractivity contribution is -0.144. The third-order valence-electron chi connectivity index (χ3n) is 4.04. The second kappa shape index (κ2) is 7.63. The minimum Gasteiger partial charge on any atom is -0.490 e. The van der Waals surface area contributed by atoms with E-state index in [9.17, 15) is 18.3 Å². The molecule has 10 heteroatoms. The summed E-state index contributed by atoms with van der Waals surface area (Å²) in [6.07, 6.45) is -5.56. The predicted octanol–water partition coefficient (Wildman–Crippen LogP) is 2.92. The number of para-hydroxylation sites is 1. The molecule has 0 aliphatic heterocycles. The Bertz CT molecular complexity index is 967. The average molecular weight is 395 g/mol. The van der Waals surface area contributed by atoms with E-state index in [0.29, 0.717) is 11.4 Å². The smallest absolute Gasteiger partial charge is 0.453 e. The molecule has 28 heavy (non-hydrogen) atoms. The van der Waals surface area contributed by atoms with Crippen molar-refractivity contribution in [2.75, 3.05) is 18.5 Å². The molecule has 1 aromatic carbocycles. The van der Waals surface area contributed by atoms with Gasteiger partial charge in [-0.15, -0.1) is 5.10 Å². The summed E-state index contributed by atoms with van der Waals surface area (Å²) >= 11 is 0. The predicted molar refractivity (Wildman–Crippen MR) is 96.4 cm³/mol. The van der Waals surface area contributed by atoms with Gasteiger partial charge in [0, 0.05) is 18.3 Å². The van der Waals surface area contributed by atoms with Crippen molar-refractivity contribution in [1.82, 2.24) is 19.6 Å². The second-order valence-corrected chi connectivity index (χ2v) is 6.49. The Hall–Kier alpha value is -2.88. The van der Waals surface area contributed by atoms with Gasteiger partial charge in [-0.25, -0.2) is 4.98 Å². The van der Waals surface area contributed by atoms with Crippen LogP contribution >= 0.6 is 0 Å². The third kappa shape index (κ3) is 4.33. The van der Waals surface area contributed by atoms with Crippen LogP contribution in [0.25, 0.3) is 5.78 Å². The second-order valence-electron chi connectivity index (χ2n) is 6.49. The van der Waals surface area contributed by atoms with Crippen LogP contribution in [0, 0.1) is 20.8 Å². The summed E-state index contributed by atoms with van der Waals surface area (Å²) in [5, 5.41) is 16.5. The van der Waals surface area contributed by atoms with Gasteiger partial charge in [0.1, 0.15) is 24.3 Å². The summed E-state index contributed by atoms with van der Waals surface area (Å²) in [5.41, 5.74) is 2.38. The molecule has 3 rings (SSSR count). The van der Waals surface area contributed by atoms with E-state index >= 15 is 0 Å². The summed E-state index contributed by atoms with van der Waals surface area (Å²) in [7, 11) is 0. The zero-order valence-corrected chi connectivity index (χ0v) is 15.6. The molecule has 0 saturated carbocycles. The van der Waals surface area contributed by atoms with E-state index in [-0.39, 0.29) is 24.7 Å². The Labute approximate surface area is 159 Å². The number of benzene rings is 1. The van der Waals surface area contributed by atoms with Crippen LogP contribution in [0.15, 0.2) is 24.3 Å². The lowest BCUT2D eigenvalue weighted by Crippen LogP contribution is -2.27. The average Bonchev–Trinajstić information content (AvgIpc) is 3.03. The van der Waals surface area contributed by atoms with Crippen LogP contribution < -0.4 is 10.1 Å². The Morgan fingerprint density at radius 2 is 1.86 bits per heavy atom. The molecule has 1 unspecified atom stereocenters. The van der Waals surface area contributed by atoms with E-state index < -0.39 is 18.1 Å². The molecule has 150 valence electrons. The highest BCUT2D eigenvalue weighted by atomic mass is 19.4. The Kier molecular flexibility index (Phi) is 5.41. The van der Waals surface area contributed by atoms with Crippen molar-refractivity contribution in [3.8, 4) is 5.75 Å². The lowest BCUT2D eigenvalue weighted by Gasteiger charge is -2.17. The summed E-state index contributed by atoms with van der Waals surface area (Å²) in [6.45, 7) is 5.52. The fraction of sp³-hybridized carbons (Fsp3) is 0.389. The number of aliphatic hydroxyl groups excluding tert-OH is 1. The van der Waals surface area contributed by atoms with Gasteiger partial charge in [0.2, 0.25) is 0 Å². The molecule has 2 N–H and O–H groups in total. The zero-order valence-electron chi connectivity index (χ0n) is 15.6. The number of halogens is 3. The number of ether oxygens (including phenoxy) is 1. The molecular formula is C18H20F3N5O2. The highest BCUT2D eigenvalue weighted by Gasteiger charge is 2.36. The molecule has 3 aromatic rings. The SMILES string of the molecule is Cc1cc(NCC(O)COc2c(C)cccc2C)n2nc(C(F)(F)F)nc2n1. The van der Waals surface area contributed by atoms with E-state index in [4.69, 9.17) is 4.74 Å². The van der Waals surface area contributed by atoms with Gasteiger partial charge in [0.25, 0.3) is 11.6 Å². The summed E-state index contributed by atoms with van der Waals surface area (Å²) in [4.78, 5) is 7.37. The Morgan fingerprint density at radius 3 is 2.50 bits per heavy atom. The fourth-order valence-corrected chi connectivity index (χ4v) is 2.72. The van der Waals surface area contributed by atoms with Gasteiger partial charge in [-0.3, -0.25) is 0 Å². The number of aryl methyl sites for hydroxylation is 3. The zero-order chi connectivity index (χ0) is 20.5. The first-order valence-corrected chi connectivity index (χ1v) is 8.57. The minimum absolute atomic E-state index is 0.0249. The van der Waals surface area contributed by atoms with Crippen molar-refractivity contribution in [2.45, 2.75) is 33.1 Å². The third-order valence-corrected chi connectivity index (χ3v) is 4.04. The summed E-state index contributed by atoms with van der Waals surface area (Å²) < 4.78 is 45.2. The highest BCUT2D eigenvalue weighted by molar-refractivity contribution is 5.45. The summed E-state index contributed by atoms with van der Waals surface area (Å²) in [5.74, 6) is -0.491. The number of aromatic nitrogens is 4. The number of anilines is 1. The number of rotatable bonds is 6. The molecule has 0 bridgehead atoms. The van der Waals surface area contributed by atoms with Crippen LogP contribution in [0.5, 0.6) is 5.75 Å². The molecule has 1 atom stereocenters. The van der Waals surface area contributed by atoms with E-state index in [1.165, 1.54) is 6.07 Å². The maximum absolute atomic E-state index is 12.9. The molecule has 7 nitrogen and oxygen atoms in total. The van der Waals surface area contributed by atoms with E-state index in [0.717, 1.165) is 15.6 Å². The van der Waals surface area contributed by atoms with Gasteiger partial charge in [-0.1, -0.05) is 18.2 Å². The number of hydrogen-bond donors (Lipinski definition) is 2. The van der Waals surface area contributed by atoms with Crippen LogP contribution in [0.1, 0.15) is 22.6 Å². The van der Waals surface area contributed by atoms with E-state index in [1.54, 1.807) is 6.92 Å². The van der Waals surface area contributed by atoms with Crippen molar-refractivity contribution in [2.24, 2.45) is 0 Å². The monoisotopic (exact) mass is 395 g/mol. The highest BCUT2D eigenvalue weighted by Crippen LogP contribution is 2.27. The number of alkyl halides is 3. The topological polar surface area (TPSA) is 84.6 Å². The Morgan fingerprint density at radius 1 is 1.18 bits per heavy atom. The largest absolute Gasteiger partial charge is 0.490 e.